The third-order valence-corrected chi connectivity index (χ3v) is 6.86. The molecule has 0 spiro atoms. The van der Waals surface area contributed by atoms with Crippen molar-refractivity contribution in [1.29, 1.82) is 0 Å². The van der Waals surface area contributed by atoms with Crippen molar-refractivity contribution >= 4 is 17.6 Å². The molecule has 200 valence electrons. The molecule has 3 aromatic rings. The van der Waals surface area contributed by atoms with Gasteiger partial charge in [-0.25, -0.2) is 18.7 Å². The highest BCUT2D eigenvalue weighted by molar-refractivity contribution is 5.76. The summed E-state index contributed by atoms with van der Waals surface area (Å²) in [6.45, 7) is 3.78. The second-order valence-corrected chi connectivity index (χ2v) is 9.46. The molecule has 2 aliphatic heterocycles. The van der Waals surface area contributed by atoms with Crippen LogP contribution in [0.4, 0.5) is 14.6 Å². The van der Waals surface area contributed by atoms with Gasteiger partial charge in [-0.2, -0.15) is 5.10 Å². The Bertz CT molecular complexity index is 1350. The van der Waals surface area contributed by atoms with Gasteiger partial charge in [0.25, 0.3) is 0 Å². The molecule has 2 aromatic heterocycles. The summed E-state index contributed by atoms with van der Waals surface area (Å²) in [4.78, 5) is 37.6. The van der Waals surface area contributed by atoms with Gasteiger partial charge < -0.3 is 19.9 Å². The minimum absolute atomic E-state index is 0.0128. The SMILES string of the molecule is CNC(=O)Cn1cc(-c2nc3c(nc2N2CCC(Oc4ccc(F)cc4F)CC2)CCN(C(C)=O)C3)cn1. The van der Waals surface area contributed by atoms with Gasteiger partial charge in [0, 0.05) is 70.7 Å². The van der Waals surface area contributed by atoms with E-state index >= 15 is 0 Å². The van der Waals surface area contributed by atoms with E-state index in [1.807, 2.05) is 0 Å². The molecule has 0 aliphatic carbocycles. The number of nitrogens with one attached hydrogen (secondary N) is 1. The Hall–Kier alpha value is -4.09. The van der Waals surface area contributed by atoms with Gasteiger partial charge in [-0.3, -0.25) is 14.3 Å². The summed E-state index contributed by atoms with van der Waals surface area (Å²) in [5, 5.41) is 6.90. The molecular weight excluding hydrogens is 496 g/mol. The van der Waals surface area contributed by atoms with Crippen molar-refractivity contribution in [3.8, 4) is 17.0 Å². The maximum absolute atomic E-state index is 14.1. The minimum Gasteiger partial charge on any atom is -0.487 e. The number of ether oxygens (including phenoxy) is 1. The molecule has 4 heterocycles. The fourth-order valence-electron chi connectivity index (χ4n) is 4.74. The van der Waals surface area contributed by atoms with Crippen LogP contribution in [0.3, 0.4) is 0 Å². The van der Waals surface area contributed by atoms with E-state index in [-0.39, 0.29) is 30.2 Å². The van der Waals surface area contributed by atoms with Gasteiger partial charge in [-0.05, 0) is 12.1 Å². The highest BCUT2D eigenvalue weighted by Crippen LogP contribution is 2.33. The molecule has 10 nitrogen and oxygen atoms in total. The Balaban J connectivity index is 1.40. The third kappa shape index (κ3) is 5.43. The zero-order valence-electron chi connectivity index (χ0n) is 21.3. The average Bonchev–Trinajstić information content (AvgIpc) is 3.37. The summed E-state index contributed by atoms with van der Waals surface area (Å²) >= 11 is 0. The number of fused-ring (bicyclic) bond motifs is 1. The second kappa shape index (κ2) is 10.7. The van der Waals surface area contributed by atoms with E-state index in [9.17, 15) is 18.4 Å². The summed E-state index contributed by atoms with van der Waals surface area (Å²) in [7, 11) is 1.57. The van der Waals surface area contributed by atoms with E-state index < -0.39 is 11.6 Å². The molecule has 0 atom stereocenters. The van der Waals surface area contributed by atoms with E-state index in [2.05, 4.69) is 15.3 Å². The second-order valence-electron chi connectivity index (χ2n) is 9.46. The summed E-state index contributed by atoms with van der Waals surface area (Å²) in [6.07, 6.45) is 5.02. The number of aromatic nitrogens is 4. The van der Waals surface area contributed by atoms with Crippen LogP contribution in [-0.4, -0.2) is 69.2 Å². The average molecular weight is 526 g/mol. The Morgan fingerprint density at radius 3 is 2.63 bits per heavy atom. The van der Waals surface area contributed by atoms with Gasteiger partial charge in [-0.1, -0.05) is 0 Å². The van der Waals surface area contributed by atoms with Gasteiger partial charge in [0.15, 0.2) is 17.4 Å². The fourth-order valence-corrected chi connectivity index (χ4v) is 4.74. The van der Waals surface area contributed by atoms with Crippen molar-refractivity contribution < 1.29 is 23.1 Å². The van der Waals surface area contributed by atoms with E-state index in [1.54, 1.807) is 31.3 Å². The summed E-state index contributed by atoms with van der Waals surface area (Å²) in [6, 6.07) is 3.31. The first-order chi connectivity index (χ1) is 18.3. The molecule has 0 unspecified atom stereocenters. The Morgan fingerprint density at radius 1 is 1.13 bits per heavy atom. The maximum atomic E-state index is 14.1. The number of anilines is 1. The Labute approximate surface area is 218 Å². The van der Waals surface area contributed by atoms with Crippen LogP contribution in [0.2, 0.25) is 0 Å². The quantitative estimate of drug-likeness (QED) is 0.527. The van der Waals surface area contributed by atoms with E-state index in [0.717, 1.165) is 17.5 Å². The van der Waals surface area contributed by atoms with Crippen LogP contribution in [0.1, 0.15) is 31.2 Å². The molecule has 1 saturated heterocycles. The Morgan fingerprint density at radius 2 is 1.92 bits per heavy atom. The summed E-state index contributed by atoms with van der Waals surface area (Å²) < 4.78 is 34.7. The number of carbonyl (C=O) groups excluding carboxylic acids is 2. The van der Waals surface area contributed by atoms with Crippen LogP contribution in [0.15, 0.2) is 30.6 Å². The largest absolute Gasteiger partial charge is 0.487 e. The lowest BCUT2D eigenvalue weighted by Crippen LogP contribution is -2.40. The normalized spacial score (nSPS) is 15.8. The number of rotatable bonds is 6. The molecule has 0 radical (unpaired) electrons. The number of hydrogen-bond donors (Lipinski definition) is 1. The van der Waals surface area contributed by atoms with Crippen molar-refractivity contribution in [3.63, 3.8) is 0 Å². The van der Waals surface area contributed by atoms with Crippen molar-refractivity contribution in [2.75, 3.05) is 31.6 Å². The van der Waals surface area contributed by atoms with Crippen LogP contribution in [0.5, 0.6) is 5.75 Å². The molecule has 5 rings (SSSR count). The van der Waals surface area contributed by atoms with Crippen molar-refractivity contribution in [1.82, 2.24) is 30.0 Å². The standard InChI is InChI=1S/C26H29F2N7O3/c1-16(36)34-10-7-21-22(14-34)31-25(17-12-30-35(13-17)15-24(37)29-2)26(32-21)33-8-5-19(6-9-33)38-23-4-3-18(27)11-20(23)28/h3-4,11-13,19H,5-10,14-15H2,1-2H3,(H,29,37). The zero-order chi connectivity index (χ0) is 26.8. The molecule has 12 heteroatoms. The van der Waals surface area contributed by atoms with Crippen molar-refractivity contribution in [3.05, 3.63) is 53.6 Å². The van der Waals surface area contributed by atoms with Crippen LogP contribution in [0, 0.1) is 11.6 Å². The third-order valence-electron chi connectivity index (χ3n) is 6.86. The maximum Gasteiger partial charge on any atom is 0.241 e. The number of halogens is 2. The molecule has 2 aliphatic rings. The van der Waals surface area contributed by atoms with Crippen LogP contribution < -0.4 is 15.0 Å². The number of carbonyl (C=O) groups is 2. The molecule has 2 amide bonds. The lowest BCUT2D eigenvalue weighted by molar-refractivity contribution is -0.129. The van der Waals surface area contributed by atoms with E-state index in [4.69, 9.17) is 14.7 Å². The van der Waals surface area contributed by atoms with Crippen LogP contribution >= 0.6 is 0 Å². The molecule has 0 bridgehead atoms. The first kappa shape index (κ1) is 25.6. The van der Waals surface area contributed by atoms with Crippen LogP contribution in [0.25, 0.3) is 11.3 Å². The topological polar surface area (TPSA) is 105 Å². The van der Waals surface area contributed by atoms with Gasteiger partial charge in [0.05, 0.1) is 24.1 Å². The molecule has 1 N–H and O–H groups in total. The molecule has 38 heavy (non-hydrogen) atoms. The molecule has 1 fully saturated rings. The van der Waals surface area contributed by atoms with Crippen molar-refractivity contribution in [2.45, 2.75) is 45.4 Å². The highest BCUT2D eigenvalue weighted by Gasteiger charge is 2.29. The number of hydrogen-bond acceptors (Lipinski definition) is 7. The molecule has 0 saturated carbocycles. The van der Waals surface area contributed by atoms with Gasteiger partial charge >= 0.3 is 0 Å². The first-order valence-electron chi connectivity index (χ1n) is 12.6. The van der Waals surface area contributed by atoms with Crippen LogP contribution in [-0.2, 0) is 29.1 Å². The predicted molar refractivity (Wildman–Crippen MR) is 134 cm³/mol. The monoisotopic (exact) mass is 525 g/mol. The fraction of sp³-hybridized carbons (Fsp3) is 0.423. The summed E-state index contributed by atoms with van der Waals surface area (Å²) in [5.74, 6) is -0.810. The zero-order valence-corrected chi connectivity index (χ0v) is 21.3. The minimum atomic E-state index is -0.719. The van der Waals surface area contributed by atoms with E-state index in [0.29, 0.717) is 62.5 Å². The highest BCUT2D eigenvalue weighted by atomic mass is 19.1. The van der Waals surface area contributed by atoms with Gasteiger partial charge in [0.1, 0.15) is 24.2 Å². The van der Waals surface area contributed by atoms with Gasteiger partial charge in [-0.15, -0.1) is 0 Å². The number of benzene rings is 1. The predicted octanol–water partition coefficient (Wildman–Crippen LogP) is 2.32. The molecule has 1 aromatic carbocycles. The number of amides is 2. The lowest BCUT2D eigenvalue weighted by Gasteiger charge is -2.35. The Kier molecular flexibility index (Phi) is 7.21. The van der Waals surface area contributed by atoms with Crippen molar-refractivity contribution in [2.24, 2.45) is 0 Å². The smallest absolute Gasteiger partial charge is 0.241 e. The number of piperidine rings is 1. The molecular formula is C26H29F2N7O3. The first-order valence-corrected chi connectivity index (χ1v) is 12.6. The van der Waals surface area contributed by atoms with E-state index in [1.165, 1.54) is 16.8 Å². The summed E-state index contributed by atoms with van der Waals surface area (Å²) in [5.41, 5.74) is 2.94. The lowest BCUT2D eigenvalue weighted by atomic mass is 10.1. The van der Waals surface area contributed by atoms with Gasteiger partial charge in [0.2, 0.25) is 11.8 Å². The number of nitrogens with zero attached hydrogens (tertiary/aromatic N) is 6. The number of likely N-dealkylation sites (N-methyl/N-ethyl adjacent to an activating group) is 1.